The number of benzene rings is 1. The number of amides is 1. The average Bonchev–Trinajstić information content (AvgIpc) is 2.97. The van der Waals surface area contributed by atoms with Gasteiger partial charge >= 0.3 is 0 Å². The first-order valence-corrected chi connectivity index (χ1v) is 7.86. The van der Waals surface area contributed by atoms with E-state index in [-0.39, 0.29) is 30.9 Å². The molecule has 6 heteroatoms. The Bertz CT molecular complexity index is 631. The van der Waals surface area contributed by atoms with Gasteiger partial charge in [-0.15, -0.1) is 0 Å². The highest BCUT2D eigenvalue weighted by atomic mass is 16.8. The second-order valence-corrected chi connectivity index (χ2v) is 6.67. The molecule has 0 N–H and O–H groups in total. The summed E-state index contributed by atoms with van der Waals surface area (Å²) >= 11 is 0. The SMILES string of the molecule is COCO[C@@H]1c2ccccc2CN2C(=O)[C@H]3OC(C)(C)O[C@H]3[C@@H]12. The Kier molecular flexibility index (Phi) is 3.46. The number of carbonyl (C=O) groups is 1. The van der Waals surface area contributed by atoms with E-state index in [1.807, 2.05) is 43.0 Å². The summed E-state index contributed by atoms with van der Waals surface area (Å²) in [7, 11) is 1.59. The second-order valence-electron chi connectivity index (χ2n) is 6.67. The summed E-state index contributed by atoms with van der Waals surface area (Å²) in [6, 6.07) is 7.85. The Morgan fingerprint density at radius 1 is 1.30 bits per heavy atom. The summed E-state index contributed by atoms with van der Waals surface area (Å²) in [5.41, 5.74) is 2.19. The van der Waals surface area contributed by atoms with Gasteiger partial charge in [-0.1, -0.05) is 24.3 Å². The van der Waals surface area contributed by atoms with Crippen LogP contribution in [0.4, 0.5) is 0 Å². The van der Waals surface area contributed by atoms with E-state index in [9.17, 15) is 4.79 Å². The van der Waals surface area contributed by atoms with E-state index in [4.69, 9.17) is 18.9 Å². The maximum absolute atomic E-state index is 12.8. The van der Waals surface area contributed by atoms with E-state index in [0.717, 1.165) is 11.1 Å². The molecule has 2 fully saturated rings. The van der Waals surface area contributed by atoms with Gasteiger partial charge in [-0.25, -0.2) is 0 Å². The number of methoxy groups -OCH3 is 1. The predicted molar refractivity (Wildman–Crippen MR) is 80.3 cm³/mol. The fraction of sp³-hybridized carbons (Fsp3) is 0.588. The molecule has 0 bridgehead atoms. The van der Waals surface area contributed by atoms with Crippen molar-refractivity contribution in [1.29, 1.82) is 0 Å². The van der Waals surface area contributed by atoms with Gasteiger partial charge in [0, 0.05) is 13.7 Å². The summed E-state index contributed by atoms with van der Waals surface area (Å²) < 4.78 is 22.9. The van der Waals surface area contributed by atoms with Crippen LogP contribution in [0.5, 0.6) is 0 Å². The molecule has 3 aliphatic heterocycles. The lowest BCUT2D eigenvalue weighted by Crippen LogP contribution is -2.47. The number of fused-ring (bicyclic) bond motifs is 4. The smallest absolute Gasteiger partial charge is 0.255 e. The van der Waals surface area contributed by atoms with Crippen molar-refractivity contribution in [3.63, 3.8) is 0 Å². The molecule has 124 valence electrons. The maximum atomic E-state index is 12.8. The molecule has 1 amide bonds. The summed E-state index contributed by atoms with van der Waals surface area (Å²) in [6.07, 6.45) is -1.16. The molecule has 1 aromatic carbocycles. The van der Waals surface area contributed by atoms with E-state index < -0.39 is 11.9 Å². The van der Waals surface area contributed by atoms with Crippen molar-refractivity contribution in [2.24, 2.45) is 0 Å². The third-order valence-electron chi connectivity index (χ3n) is 4.73. The molecular weight excluding hydrogens is 298 g/mol. The van der Waals surface area contributed by atoms with E-state index >= 15 is 0 Å². The topological polar surface area (TPSA) is 57.2 Å². The third-order valence-corrected chi connectivity index (χ3v) is 4.73. The van der Waals surface area contributed by atoms with Crippen LogP contribution >= 0.6 is 0 Å². The Balaban J connectivity index is 1.74. The molecule has 6 nitrogen and oxygen atoms in total. The van der Waals surface area contributed by atoms with Crippen LogP contribution in [0.3, 0.4) is 0 Å². The lowest BCUT2D eigenvalue weighted by molar-refractivity contribution is -0.186. The van der Waals surface area contributed by atoms with Gasteiger partial charge in [-0.3, -0.25) is 4.79 Å². The van der Waals surface area contributed by atoms with Gasteiger partial charge in [-0.05, 0) is 25.0 Å². The minimum absolute atomic E-state index is 0.0221. The molecule has 4 atom stereocenters. The van der Waals surface area contributed by atoms with Gasteiger partial charge < -0.3 is 23.8 Å². The van der Waals surface area contributed by atoms with Crippen LogP contribution in [-0.2, 0) is 30.3 Å². The Hall–Kier alpha value is -1.47. The second kappa shape index (κ2) is 5.27. The molecule has 0 saturated carbocycles. The summed E-state index contributed by atoms with van der Waals surface area (Å²) in [5, 5.41) is 0. The quantitative estimate of drug-likeness (QED) is 0.792. The van der Waals surface area contributed by atoms with E-state index in [2.05, 4.69) is 0 Å². The zero-order chi connectivity index (χ0) is 16.2. The summed E-state index contributed by atoms with van der Waals surface area (Å²) in [4.78, 5) is 14.6. The minimum atomic E-state index is -0.750. The first-order valence-electron chi connectivity index (χ1n) is 7.86. The van der Waals surface area contributed by atoms with Crippen LogP contribution in [0.2, 0.25) is 0 Å². The molecule has 0 spiro atoms. The van der Waals surface area contributed by atoms with Gasteiger partial charge in [0.1, 0.15) is 19.0 Å². The van der Waals surface area contributed by atoms with Crippen LogP contribution in [0, 0.1) is 0 Å². The third kappa shape index (κ3) is 2.29. The fourth-order valence-corrected chi connectivity index (χ4v) is 3.89. The Morgan fingerprint density at radius 2 is 2.09 bits per heavy atom. The predicted octanol–water partition coefficient (Wildman–Crippen LogP) is 1.59. The normalized spacial score (nSPS) is 34.2. The van der Waals surface area contributed by atoms with Crippen molar-refractivity contribution in [2.45, 2.75) is 50.5 Å². The van der Waals surface area contributed by atoms with Crippen LogP contribution < -0.4 is 0 Å². The lowest BCUT2D eigenvalue weighted by atomic mass is 9.90. The van der Waals surface area contributed by atoms with Gasteiger partial charge in [0.25, 0.3) is 5.91 Å². The molecule has 0 unspecified atom stereocenters. The van der Waals surface area contributed by atoms with Crippen molar-refractivity contribution < 1.29 is 23.7 Å². The van der Waals surface area contributed by atoms with Crippen molar-refractivity contribution in [2.75, 3.05) is 13.9 Å². The minimum Gasteiger partial charge on any atom is -0.359 e. The van der Waals surface area contributed by atoms with E-state index in [1.54, 1.807) is 7.11 Å². The summed E-state index contributed by atoms with van der Waals surface area (Å²) in [5.74, 6) is -0.772. The molecule has 4 rings (SSSR count). The molecule has 3 heterocycles. The Labute approximate surface area is 135 Å². The number of nitrogens with zero attached hydrogens (tertiary/aromatic N) is 1. The van der Waals surface area contributed by atoms with E-state index in [0.29, 0.717) is 6.54 Å². The molecular formula is C17H21NO5. The molecule has 0 aromatic heterocycles. The average molecular weight is 319 g/mol. The van der Waals surface area contributed by atoms with Crippen LogP contribution in [0.25, 0.3) is 0 Å². The van der Waals surface area contributed by atoms with Gasteiger partial charge in [-0.2, -0.15) is 0 Å². The van der Waals surface area contributed by atoms with Gasteiger partial charge in [0.15, 0.2) is 11.9 Å². The number of ether oxygens (including phenoxy) is 4. The van der Waals surface area contributed by atoms with Crippen molar-refractivity contribution >= 4 is 5.91 Å². The number of rotatable bonds is 3. The molecule has 3 aliphatic rings. The highest BCUT2D eigenvalue weighted by Crippen LogP contribution is 2.46. The highest BCUT2D eigenvalue weighted by molar-refractivity contribution is 5.85. The van der Waals surface area contributed by atoms with E-state index in [1.165, 1.54) is 0 Å². The first kappa shape index (κ1) is 15.1. The van der Waals surface area contributed by atoms with Crippen molar-refractivity contribution in [3.05, 3.63) is 35.4 Å². The van der Waals surface area contributed by atoms with Crippen molar-refractivity contribution in [3.8, 4) is 0 Å². The molecule has 0 radical (unpaired) electrons. The lowest BCUT2D eigenvalue weighted by Gasteiger charge is -2.40. The van der Waals surface area contributed by atoms with Crippen LogP contribution in [0.1, 0.15) is 31.1 Å². The number of carbonyl (C=O) groups excluding carboxylic acids is 1. The van der Waals surface area contributed by atoms with Crippen LogP contribution in [0.15, 0.2) is 24.3 Å². The molecule has 23 heavy (non-hydrogen) atoms. The fourth-order valence-electron chi connectivity index (χ4n) is 3.89. The molecule has 1 aromatic rings. The monoisotopic (exact) mass is 319 g/mol. The first-order chi connectivity index (χ1) is 11.0. The Morgan fingerprint density at radius 3 is 2.87 bits per heavy atom. The summed E-state index contributed by atoms with van der Waals surface area (Å²) in [6.45, 7) is 4.40. The maximum Gasteiger partial charge on any atom is 0.255 e. The standard InChI is InChI=1S/C17H21NO5/c1-17(2)22-14-12-13(21-9-20-3)11-7-5-4-6-10(11)8-18(12)16(19)15(14)23-17/h4-7,12-15H,8-9H2,1-3H3/t12-,13-,14+,15+/m1/s1. The van der Waals surface area contributed by atoms with Gasteiger partial charge in [0.05, 0.1) is 6.04 Å². The van der Waals surface area contributed by atoms with Gasteiger partial charge in [0.2, 0.25) is 0 Å². The largest absolute Gasteiger partial charge is 0.359 e. The molecule has 0 aliphatic carbocycles. The zero-order valence-corrected chi connectivity index (χ0v) is 13.5. The van der Waals surface area contributed by atoms with Crippen molar-refractivity contribution in [1.82, 2.24) is 4.90 Å². The zero-order valence-electron chi connectivity index (χ0n) is 13.5. The van der Waals surface area contributed by atoms with Crippen LogP contribution in [-0.4, -0.2) is 48.7 Å². The highest BCUT2D eigenvalue weighted by Gasteiger charge is 2.61. The molecule has 2 saturated heterocycles. The number of hydrogen-bond donors (Lipinski definition) is 0. The number of hydrogen-bond acceptors (Lipinski definition) is 5.